The largest absolute Gasteiger partial charge is 0.130 e. The van der Waals surface area contributed by atoms with Gasteiger partial charge in [-0.1, -0.05) is 65.9 Å². The van der Waals surface area contributed by atoms with Crippen LogP contribution in [0.4, 0.5) is 0 Å². The van der Waals surface area contributed by atoms with Crippen molar-refractivity contribution in [2.75, 3.05) is 0 Å². The van der Waals surface area contributed by atoms with E-state index < -0.39 is 0 Å². The van der Waals surface area contributed by atoms with Gasteiger partial charge in [0.25, 0.3) is 0 Å². The normalized spacial score (nSPS) is 18.0. The van der Waals surface area contributed by atoms with E-state index >= 15 is 0 Å². The van der Waals surface area contributed by atoms with Gasteiger partial charge in [0.1, 0.15) is 0 Å². The van der Waals surface area contributed by atoms with E-state index in [4.69, 9.17) is 0 Å². The third-order valence-electron chi connectivity index (χ3n) is 3.55. The minimum Gasteiger partial charge on any atom is -0.130 e. The molecule has 0 heteroatoms. The van der Waals surface area contributed by atoms with Crippen LogP contribution in [0.5, 0.6) is 0 Å². The molecule has 0 aromatic heterocycles. The molecule has 1 saturated carbocycles. The fraction of sp³-hybridized carbons (Fsp3) is 0.812. The Morgan fingerprint density at radius 2 is 1.88 bits per heavy atom. The fourth-order valence-electron chi connectivity index (χ4n) is 2.05. The highest BCUT2D eigenvalue weighted by atomic mass is 14.1. The first-order valence-corrected chi connectivity index (χ1v) is 6.95. The van der Waals surface area contributed by atoms with E-state index in [9.17, 15) is 0 Å². The highest BCUT2D eigenvalue weighted by molar-refractivity contribution is 4.94. The van der Waals surface area contributed by atoms with E-state index in [1.807, 2.05) is 0 Å². The van der Waals surface area contributed by atoms with Gasteiger partial charge in [0.2, 0.25) is 0 Å². The Hall–Kier alpha value is -0.480. The summed E-state index contributed by atoms with van der Waals surface area (Å²) in [6.07, 6.45) is 9.84. The second-order valence-corrected chi connectivity index (χ2v) is 5.42. The molecule has 1 rings (SSSR count). The molecular weight excluding hydrogens is 192 g/mol. The molecule has 0 heterocycles. The number of hydrogen-bond acceptors (Lipinski definition) is 0. The predicted molar refractivity (Wildman–Crippen MR) is 74.6 cm³/mol. The highest BCUT2D eigenvalue weighted by Gasteiger charge is 2.05. The van der Waals surface area contributed by atoms with Gasteiger partial charge in [0.05, 0.1) is 0 Å². The molecule has 1 atom stereocenters. The Balaban J connectivity index is 0.000000288. The van der Waals surface area contributed by atoms with Crippen molar-refractivity contribution in [2.24, 2.45) is 11.8 Å². The van der Waals surface area contributed by atoms with E-state index in [0.29, 0.717) is 0 Å². The van der Waals surface area contributed by atoms with Crippen molar-refractivity contribution in [1.29, 1.82) is 0 Å². The maximum atomic E-state index is 3.59. The summed E-state index contributed by atoms with van der Waals surface area (Å²) in [5.74, 6) is 1.83. The van der Waals surface area contributed by atoms with E-state index in [-0.39, 0.29) is 0 Å². The molecule has 1 fully saturated rings. The maximum Gasteiger partial charge on any atom is -0.0221 e. The van der Waals surface area contributed by atoms with Crippen molar-refractivity contribution in [3.63, 3.8) is 0 Å². The summed E-state index contributed by atoms with van der Waals surface area (Å²) < 4.78 is 0. The zero-order valence-corrected chi connectivity index (χ0v) is 11.8. The second-order valence-electron chi connectivity index (χ2n) is 5.42. The minimum absolute atomic E-state index is 0.791. The average Bonchev–Trinajstić information content (AvgIpc) is 2.30. The van der Waals surface area contributed by atoms with Crippen LogP contribution in [0.2, 0.25) is 0 Å². The summed E-state index contributed by atoms with van der Waals surface area (Å²) in [7, 11) is 0. The monoisotopic (exact) mass is 222 g/mol. The van der Waals surface area contributed by atoms with Crippen molar-refractivity contribution in [3.05, 3.63) is 17.9 Å². The standard InChI is InChI=1S/C9H16.C7H14/c1-5-8(3)7-9(4)6-2;1-7-5-3-2-4-6-7/h9H,1,6-7H2,2-4H3;7H,2-6H2,1H3. The van der Waals surface area contributed by atoms with E-state index in [1.165, 1.54) is 44.1 Å². The molecule has 0 radical (unpaired) electrons. The summed E-state index contributed by atoms with van der Waals surface area (Å²) in [4.78, 5) is 0. The molecule has 0 aliphatic heterocycles. The first kappa shape index (κ1) is 15.5. The molecule has 0 aromatic rings. The Morgan fingerprint density at radius 3 is 2.19 bits per heavy atom. The van der Waals surface area contributed by atoms with E-state index in [1.54, 1.807) is 0 Å². The topological polar surface area (TPSA) is 0 Å². The zero-order chi connectivity index (χ0) is 12.4. The number of hydrogen-bond donors (Lipinski definition) is 0. The predicted octanol–water partition coefficient (Wildman–Crippen LogP) is 5.74. The Labute approximate surface area is 103 Å². The summed E-state index contributed by atoms with van der Waals surface area (Å²) in [5, 5.41) is 0. The summed E-state index contributed by atoms with van der Waals surface area (Å²) in [5.41, 5.74) is 4.18. The third kappa shape index (κ3) is 8.80. The van der Waals surface area contributed by atoms with Gasteiger partial charge in [0.15, 0.2) is 0 Å². The van der Waals surface area contributed by atoms with Gasteiger partial charge in [0, 0.05) is 0 Å². The van der Waals surface area contributed by atoms with Crippen LogP contribution in [-0.2, 0) is 0 Å². The van der Waals surface area contributed by atoms with Crippen LogP contribution in [0.25, 0.3) is 0 Å². The Bertz CT molecular complexity index is 202. The zero-order valence-electron chi connectivity index (χ0n) is 11.8. The molecule has 1 aliphatic rings. The summed E-state index contributed by atoms with van der Waals surface area (Å²) >= 11 is 0. The average molecular weight is 222 g/mol. The minimum atomic E-state index is 0.791. The lowest BCUT2D eigenvalue weighted by Gasteiger charge is -2.15. The molecule has 0 aromatic carbocycles. The van der Waals surface area contributed by atoms with Crippen molar-refractivity contribution in [2.45, 2.75) is 72.6 Å². The van der Waals surface area contributed by atoms with Crippen LogP contribution >= 0.6 is 0 Å². The van der Waals surface area contributed by atoms with Gasteiger partial charge in [-0.25, -0.2) is 0 Å². The quantitative estimate of drug-likeness (QED) is 0.534. The Kier molecular flexibility index (Phi) is 9.43. The first-order chi connectivity index (χ1) is 7.60. The number of rotatable bonds is 3. The molecule has 16 heavy (non-hydrogen) atoms. The van der Waals surface area contributed by atoms with Crippen LogP contribution in [0, 0.1) is 11.8 Å². The molecule has 0 amide bonds. The molecule has 0 spiro atoms. The van der Waals surface area contributed by atoms with Crippen molar-refractivity contribution < 1.29 is 0 Å². The molecule has 1 unspecified atom stereocenters. The first-order valence-electron chi connectivity index (χ1n) is 6.95. The van der Waals surface area contributed by atoms with Gasteiger partial charge in [-0.2, -0.15) is 0 Å². The van der Waals surface area contributed by atoms with Gasteiger partial charge in [-0.15, -0.1) is 5.73 Å². The Morgan fingerprint density at radius 1 is 1.31 bits per heavy atom. The van der Waals surface area contributed by atoms with Crippen molar-refractivity contribution >= 4 is 0 Å². The van der Waals surface area contributed by atoms with Crippen LogP contribution in [0.3, 0.4) is 0 Å². The van der Waals surface area contributed by atoms with E-state index in [2.05, 4.69) is 40.0 Å². The molecule has 1 aliphatic carbocycles. The van der Waals surface area contributed by atoms with Gasteiger partial charge >= 0.3 is 0 Å². The lowest BCUT2D eigenvalue weighted by molar-refractivity contribution is 0.385. The molecule has 94 valence electrons. The SMILES string of the molecule is C=C=C(C)CC(C)CC.CC1CCCCC1. The van der Waals surface area contributed by atoms with Crippen molar-refractivity contribution in [3.8, 4) is 0 Å². The molecule has 0 N–H and O–H groups in total. The van der Waals surface area contributed by atoms with Gasteiger partial charge < -0.3 is 0 Å². The smallest absolute Gasteiger partial charge is 0.0221 e. The molecular formula is C16H30. The fourth-order valence-corrected chi connectivity index (χ4v) is 2.05. The number of allylic oxidation sites excluding steroid dienone is 1. The molecule has 0 bridgehead atoms. The van der Waals surface area contributed by atoms with Crippen LogP contribution < -0.4 is 0 Å². The lowest BCUT2D eigenvalue weighted by atomic mass is 9.91. The summed E-state index contributed by atoms with van der Waals surface area (Å²) in [6.45, 7) is 12.5. The lowest BCUT2D eigenvalue weighted by Crippen LogP contribution is -1.99. The van der Waals surface area contributed by atoms with Gasteiger partial charge in [-0.3, -0.25) is 0 Å². The maximum absolute atomic E-state index is 3.59. The van der Waals surface area contributed by atoms with Gasteiger partial charge in [-0.05, 0) is 30.8 Å². The molecule has 0 saturated heterocycles. The van der Waals surface area contributed by atoms with Crippen LogP contribution in [0.1, 0.15) is 72.6 Å². The van der Waals surface area contributed by atoms with Crippen molar-refractivity contribution in [1.82, 2.24) is 0 Å². The molecule has 0 nitrogen and oxygen atoms in total. The summed E-state index contributed by atoms with van der Waals surface area (Å²) in [6, 6.07) is 0. The second kappa shape index (κ2) is 9.73. The van der Waals surface area contributed by atoms with Crippen LogP contribution in [0.15, 0.2) is 17.9 Å². The van der Waals surface area contributed by atoms with E-state index in [0.717, 1.165) is 18.3 Å². The third-order valence-corrected chi connectivity index (χ3v) is 3.55. The highest BCUT2D eigenvalue weighted by Crippen LogP contribution is 2.22. The van der Waals surface area contributed by atoms with Crippen LogP contribution in [-0.4, -0.2) is 0 Å².